The van der Waals surface area contributed by atoms with Gasteiger partial charge >= 0.3 is 0 Å². The molecular weight excluding hydrogens is 346 g/mol. The average Bonchev–Trinajstić information content (AvgIpc) is 3.23. The highest BCUT2D eigenvalue weighted by Crippen LogP contribution is 2.30. The standard InChI is InChI=1S/C24H39N3O/c1-27(21-10-3-2-4-11-21)17-20-9-6-5-8-19(20)16-26-23-13-7-12-22(23)24-18-28-15-14-25-24/h5-6,8-9,21-26H,2-4,7,10-18H2,1H3. The highest BCUT2D eigenvalue weighted by atomic mass is 16.5. The summed E-state index contributed by atoms with van der Waals surface area (Å²) in [5.41, 5.74) is 2.97. The van der Waals surface area contributed by atoms with Gasteiger partial charge in [0, 0.05) is 37.8 Å². The van der Waals surface area contributed by atoms with E-state index in [0.29, 0.717) is 18.0 Å². The molecular formula is C24H39N3O. The molecule has 2 N–H and O–H groups in total. The van der Waals surface area contributed by atoms with Crippen molar-refractivity contribution in [1.82, 2.24) is 15.5 Å². The van der Waals surface area contributed by atoms with Crippen LogP contribution in [0.1, 0.15) is 62.5 Å². The summed E-state index contributed by atoms with van der Waals surface area (Å²) < 4.78 is 5.73. The first-order valence-corrected chi connectivity index (χ1v) is 11.6. The maximum absolute atomic E-state index is 5.73. The van der Waals surface area contributed by atoms with E-state index in [9.17, 15) is 0 Å². The van der Waals surface area contributed by atoms with Crippen LogP contribution in [0.25, 0.3) is 0 Å². The summed E-state index contributed by atoms with van der Waals surface area (Å²) in [7, 11) is 2.32. The minimum Gasteiger partial charge on any atom is -0.379 e. The van der Waals surface area contributed by atoms with Crippen molar-refractivity contribution in [2.45, 2.75) is 82.6 Å². The summed E-state index contributed by atoms with van der Waals surface area (Å²) in [6.07, 6.45) is 10.9. The number of nitrogens with zero attached hydrogens (tertiary/aromatic N) is 1. The molecule has 1 heterocycles. The second-order valence-electron chi connectivity index (χ2n) is 9.19. The summed E-state index contributed by atoms with van der Waals surface area (Å²) in [5.74, 6) is 0.706. The molecule has 0 amide bonds. The minimum absolute atomic E-state index is 0.529. The van der Waals surface area contributed by atoms with E-state index < -0.39 is 0 Å². The van der Waals surface area contributed by atoms with E-state index in [2.05, 4.69) is 46.8 Å². The highest BCUT2D eigenvalue weighted by molar-refractivity contribution is 5.27. The van der Waals surface area contributed by atoms with Crippen molar-refractivity contribution in [1.29, 1.82) is 0 Å². The number of nitrogens with one attached hydrogen (secondary N) is 2. The van der Waals surface area contributed by atoms with Gasteiger partial charge in [-0.3, -0.25) is 4.90 Å². The number of benzene rings is 1. The van der Waals surface area contributed by atoms with Crippen LogP contribution in [0.5, 0.6) is 0 Å². The molecule has 0 bridgehead atoms. The Hall–Kier alpha value is -0.940. The Kier molecular flexibility index (Phi) is 7.41. The molecule has 3 atom stereocenters. The monoisotopic (exact) mass is 385 g/mol. The molecule has 0 radical (unpaired) electrons. The molecule has 156 valence electrons. The minimum atomic E-state index is 0.529. The normalized spacial score (nSPS) is 29.4. The zero-order chi connectivity index (χ0) is 19.2. The van der Waals surface area contributed by atoms with Crippen molar-refractivity contribution >= 4 is 0 Å². The van der Waals surface area contributed by atoms with Crippen LogP contribution in [0.15, 0.2) is 24.3 Å². The van der Waals surface area contributed by atoms with Crippen LogP contribution in [-0.2, 0) is 17.8 Å². The van der Waals surface area contributed by atoms with Crippen LogP contribution < -0.4 is 10.6 Å². The van der Waals surface area contributed by atoms with Gasteiger partial charge in [-0.25, -0.2) is 0 Å². The highest BCUT2D eigenvalue weighted by Gasteiger charge is 2.34. The molecule has 1 aromatic carbocycles. The van der Waals surface area contributed by atoms with Gasteiger partial charge in [0.15, 0.2) is 0 Å². The largest absolute Gasteiger partial charge is 0.379 e. The third-order valence-corrected chi connectivity index (χ3v) is 7.33. The summed E-state index contributed by atoms with van der Waals surface area (Å²) in [6.45, 7) is 4.82. The van der Waals surface area contributed by atoms with E-state index in [0.717, 1.165) is 38.9 Å². The number of hydrogen-bond donors (Lipinski definition) is 2. The summed E-state index contributed by atoms with van der Waals surface area (Å²) in [6, 6.07) is 11.0. The van der Waals surface area contributed by atoms with Gasteiger partial charge in [0.25, 0.3) is 0 Å². The zero-order valence-corrected chi connectivity index (χ0v) is 17.7. The van der Waals surface area contributed by atoms with Crippen molar-refractivity contribution in [2.24, 2.45) is 5.92 Å². The first-order chi connectivity index (χ1) is 13.8. The van der Waals surface area contributed by atoms with E-state index in [4.69, 9.17) is 4.74 Å². The van der Waals surface area contributed by atoms with Crippen molar-refractivity contribution < 1.29 is 4.74 Å². The molecule has 2 saturated carbocycles. The van der Waals surface area contributed by atoms with Crippen LogP contribution in [0.4, 0.5) is 0 Å². The predicted molar refractivity (Wildman–Crippen MR) is 115 cm³/mol. The van der Waals surface area contributed by atoms with Crippen LogP contribution >= 0.6 is 0 Å². The lowest BCUT2D eigenvalue weighted by molar-refractivity contribution is 0.0524. The Morgan fingerprint density at radius 3 is 2.64 bits per heavy atom. The fraction of sp³-hybridized carbons (Fsp3) is 0.750. The molecule has 28 heavy (non-hydrogen) atoms. The predicted octanol–water partition coefficient (Wildman–Crippen LogP) is 3.70. The molecule has 4 heteroatoms. The fourth-order valence-electron chi connectivity index (χ4n) is 5.63. The maximum Gasteiger partial charge on any atom is 0.0623 e. The van der Waals surface area contributed by atoms with E-state index in [1.54, 1.807) is 0 Å². The van der Waals surface area contributed by atoms with E-state index >= 15 is 0 Å². The quantitative estimate of drug-likeness (QED) is 0.750. The molecule has 1 aliphatic heterocycles. The van der Waals surface area contributed by atoms with Gasteiger partial charge < -0.3 is 15.4 Å². The third-order valence-electron chi connectivity index (χ3n) is 7.33. The summed E-state index contributed by atoms with van der Waals surface area (Å²) in [4.78, 5) is 2.60. The average molecular weight is 386 g/mol. The lowest BCUT2D eigenvalue weighted by Crippen LogP contribution is -2.50. The molecule has 2 aliphatic carbocycles. The first kappa shape index (κ1) is 20.3. The van der Waals surface area contributed by atoms with Gasteiger partial charge in [-0.1, -0.05) is 49.9 Å². The molecule has 0 aromatic heterocycles. The van der Waals surface area contributed by atoms with Crippen LogP contribution in [0.3, 0.4) is 0 Å². The molecule has 1 saturated heterocycles. The topological polar surface area (TPSA) is 36.5 Å². The van der Waals surface area contributed by atoms with E-state index in [1.807, 2.05) is 0 Å². The van der Waals surface area contributed by atoms with Gasteiger partial charge in [0.1, 0.15) is 0 Å². The molecule has 3 unspecified atom stereocenters. The van der Waals surface area contributed by atoms with Crippen molar-refractivity contribution in [3.05, 3.63) is 35.4 Å². The number of morpholine rings is 1. The molecule has 0 spiro atoms. The SMILES string of the molecule is CN(Cc1ccccc1CNC1CCCC1C1COCCN1)C1CCCCC1. The Morgan fingerprint density at radius 2 is 1.86 bits per heavy atom. The second-order valence-corrected chi connectivity index (χ2v) is 9.19. The molecule has 4 nitrogen and oxygen atoms in total. The Morgan fingerprint density at radius 1 is 1.04 bits per heavy atom. The van der Waals surface area contributed by atoms with Crippen LogP contribution in [-0.4, -0.2) is 49.8 Å². The number of ether oxygens (including phenoxy) is 1. The smallest absolute Gasteiger partial charge is 0.0623 e. The molecule has 1 aromatic rings. The molecule has 3 aliphatic rings. The van der Waals surface area contributed by atoms with Gasteiger partial charge in [-0.05, 0) is 49.8 Å². The van der Waals surface area contributed by atoms with Crippen molar-refractivity contribution in [3.63, 3.8) is 0 Å². The summed E-state index contributed by atoms with van der Waals surface area (Å²) >= 11 is 0. The van der Waals surface area contributed by atoms with Gasteiger partial charge in [0.05, 0.1) is 13.2 Å². The van der Waals surface area contributed by atoms with Crippen LogP contribution in [0, 0.1) is 5.92 Å². The van der Waals surface area contributed by atoms with Crippen LogP contribution in [0.2, 0.25) is 0 Å². The lowest BCUT2D eigenvalue weighted by atomic mass is 9.93. The van der Waals surface area contributed by atoms with Gasteiger partial charge in [0.2, 0.25) is 0 Å². The van der Waals surface area contributed by atoms with E-state index in [-0.39, 0.29) is 0 Å². The number of hydrogen-bond acceptors (Lipinski definition) is 4. The first-order valence-electron chi connectivity index (χ1n) is 11.6. The van der Waals surface area contributed by atoms with Crippen molar-refractivity contribution in [2.75, 3.05) is 26.8 Å². The van der Waals surface area contributed by atoms with Crippen molar-refractivity contribution in [3.8, 4) is 0 Å². The molecule has 3 fully saturated rings. The second kappa shape index (κ2) is 10.2. The summed E-state index contributed by atoms with van der Waals surface area (Å²) in [5, 5.41) is 7.62. The zero-order valence-electron chi connectivity index (χ0n) is 17.7. The fourth-order valence-corrected chi connectivity index (χ4v) is 5.63. The van der Waals surface area contributed by atoms with E-state index in [1.165, 1.54) is 62.5 Å². The lowest BCUT2D eigenvalue weighted by Gasteiger charge is -2.33. The molecule has 4 rings (SSSR count). The number of rotatable bonds is 7. The Bertz CT molecular complexity index is 595. The van der Waals surface area contributed by atoms with Gasteiger partial charge in [-0.2, -0.15) is 0 Å². The maximum atomic E-state index is 5.73. The Labute approximate surface area is 171 Å². The third kappa shape index (κ3) is 5.15. The Balaban J connectivity index is 1.34. The van der Waals surface area contributed by atoms with Gasteiger partial charge in [-0.15, -0.1) is 0 Å².